The van der Waals surface area contributed by atoms with E-state index < -0.39 is 0 Å². The van der Waals surface area contributed by atoms with Crippen LogP contribution in [0.5, 0.6) is 0 Å². The third-order valence-corrected chi connectivity index (χ3v) is 4.40. The molecule has 4 nitrogen and oxygen atoms in total. The summed E-state index contributed by atoms with van der Waals surface area (Å²) in [7, 11) is 0. The van der Waals surface area contributed by atoms with E-state index in [0.717, 1.165) is 22.5 Å². The minimum absolute atomic E-state index is 0.149. The van der Waals surface area contributed by atoms with Gasteiger partial charge in [-0.3, -0.25) is 9.20 Å². The van der Waals surface area contributed by atoms with Gasteiger partial charge in [-0.25, -0.2) is 4.98 Å². The van der Waals surface area contributed by atoms with Crippen LogP contribution in [-0.2, 0) is 0 Å². The molecule has 4 heteroatoms. The highest BCUT2D eigenvalue weighted by Gasteiger charge is 2.17. The zero-order chi connectivity index (χ0) is 18.1. The lowest BCUT2D eigenvalue weighted by Gasteiger charge is -2.08. The molecule has 0 aliphatic heterocycles. The largest absolute Gasteiger partial charge is 0.306 e. The van der Waals surface area contributed by atoms with Crippen molar-refractivity contribution in [1.29, 1.82) is 0 Å². The van der Waals surface area contributed by atoms with Gasteiger partial charge in [-0.2, -0.15) is 0 Å². The predicted octanol–water partition coefficient (Wildman–Crippen LogP) is 4.87. The van der Waals surface area contributed by atoms with Gasteiger partial charge in [-0.15, -0.1) is 0 Å². The van der Waals surface area contributed by atoms with Crippen molar-refractivity contribution in [3.63, 3.8) is 0 Å². The number of pyridine rings is 1. The van der Waals surface area contributed by atoms with Crippen LogP contribution in [0.25, 0.3) is 16.9 Å². The van der Waals surface area contributed by atoms with Crippen molar-refractivity contribution in [2.24, 2.45) is 0 Å². The second-order valence-corrected chi connectivity index (χ2v) is 6.42. The molecule has 4 aromatic rings. The number of anilines is 1. The smallest absolute Gasteiger partial charge is 0.256 e. The van der Waals surface area contributed by atoms with Gasteiger partial charge < -0.3 is 5.32 Å². The van der Waals surface area contributed by atoms with E-state index in [2.05, 4.69) is 5.32 Å². The number of nitrogens with one attached hydrogen (secondary N) is 1. The molecular formula is C22H19N3O. The maximum absolute atomic E-state index is 12.8. The average molecular weight is 341 g/mol. The Hall–Kier alpha value is -3.40. The number of aromatic nitrogens is 2. The van der Waals surface area contributed by atoms with Crippen LogP contribution in [0.4, 0.5) is 5.82 Å². The number of hydrogen-bond donors (Lipinski definition) is 1. The predicted molar refractivity (Wildman–Crippen MR) is 104 cm³/mol. The lowest BCUT2D eigenvalue weighted by Crippen LogP contribution is -2.14. The lowest BCUT2D eigenvalue weighted by molar-refractivity contribution is 0.102. The summed E-state index contributed by atoms with van der Waals surface area (Å²) in [6.45, 7) is 4.05. The Morgan fingerprint density at radius 2 is 1.54 bits per heavy atom. The van der Waals surface area contributed by atoms with Crippen LogP contribution >= 0.6 is 0 Å². The maximum Gasteiger partial charge on any atom is 0.256 e. The van der Waals surface area contributed by atoms with E-state index in [4.69, 9.17) is 4.98 Å². The minimum atomic E-state index is -0.149. The van der Waals surface area contributed by atoms with Gasteiger partial charge in [0.15, 0.2) is 0 Å². The molecule has 0 spiro atoms. The molecule has 0 saturated heterocycles. The van der Waals surface area contributed by atoms with Gasteiger partial charge in [0.2, 0.25) is 0 Å². The lowest BCUT2D eigenvalue weighted by atomic mass is 10.1. The van der Waals surface area contributed by atoms with Crippen LogP contribution in [0.2, 0.25) is 0 Å². The van der Waals surface area contributed by atoms with Crippen LogP contribution in [0.15, 0.2) is 72.9 Å². The first-order valence-electron chi connectivity index (χ1n) is 8.54. The Bertz CT molecular complexity index is 1080. The topological polar surface area (TPSA) is 46.4 Å². The number of hydrogen-bond acceptors (Lipinski definition) is 2. The molecular weight excluding hydrogens is 322 g/mol. The van der Waals surface area contributed by atoms with E-state index in [0.29, 0.717) is 11.4 Å². The molecule has 1 N–H and O–H groups in total. The fourth-order valence-electron chi connectivity index (χ4n) is 2.91. The van der Waals surface area contributed by atoms with E-state index in [1.165, 1.54) is 5.56 Å². The van der Waals surface area contributed by atoms with E-state index in [1.54, 1.807) is 0 Å². The van der Waals surface area contributed by atoms with Gasteiger partial charge in [-0.1, -0.05) is 53.6 Å². The van der Waals surface area contributed by atoms with Crippen molar-refractivity contribution < 1.29 is 4.79 Å². The first kappa shape index (κ1) is 16.1. The fraction of sp³-hybridized carbons (Fsp3) is 0.0909. The van der Waals surface area contributed by atoms with Crippen LogP contribution in [0, 0.1) is 13.8 Å². The fourth-order valence-corrected chi connectivity index (χ4v) is 2.91. The summed E-state index contributed by atoms with van der Waals surface area (Å²) in [5.74, 6) is 0.527. The van der Waals surface area contributed by atoms with E-state index in [9.17, 15) is 4.79 Å². The maximum atomic E-state index is 12.8. The van der Waals surface area contributed by atoms with E-state index in [-0.39, 0.29) is 5.91 Å². The zero-order valence-electron chi connectivity index (χ0n) is 14.7. The number of carbonyl (C=O) groups is 1. The third-order valence-electron chi connectivity index (χ3n) is 4.40. The highest BCUT2D eigenvalue weighted by Crippen LogP contribution is 2.29. The molecule has 0 unspecified atom stereocenters. The Kier molecular flexibility index (Phi) is 4.01. The van der Waals surface area contributed by atoms with Gasteiger partial charge in [0.05, 0.1) is 0 Å². The number of carbonyl (C=O) groups excluding carboxylic acids is 1. The Labute approximate surface area is 152 Å². The van der Waals surface area contributed by atoms with Gasteiger partial charge in [0, 0.05) is 17.3 Å². The molecule has 2 aromatic heterocycles. The summed E-state index contributed by atoms with van der Waals surface area (Å²) in [5, 5.41) is 3.04. The number of nitrogens with zero attached hydrogens (tertiary/aromatic N) is 2. The molecule has 0 aliphatic carbocycles. The third kappa shape index (κ3) is 2.97. The van der Waals surface area contributed by atoms with Crippen LogP contribution in [0.3, 0.4) is 0 Å². The molecule has 0 fully saturated rings. The molecule has 0 aliphatic rings. The second kappa shape index (κ2) is 6.48. The normalized spacial score (nSPS) is 10.8. The number of imidazole rings is 1. The highest BCUT2D eigenvalue weighted by atomic mass is 16.1. The van der Waals surface area contributed by atoms with Gasteiger partial charge in [0.1, 0.15) is 17.2 Å². The van der Waals surface area contributed by atoms with E-state index >= 15 is 0 Å². The van der Waals surface area contributed by atoms with Crippen molar-refractivity contribution in [1.82, 2.24) is 9.38 Å². The molecule has 0 atom stereocenters. The summed E-state index contributed by atoms with van der Waals surface area (Å²) < 4.78 is 1.90. The minimum Gasteiger partial charge on any atom is -0.306 e. The van der Waals surface area contributed by atoms with Crippen LogP contribution in [-0.4, -0.2) is 15.3 Å². The van der Waals surface area contributed by atoms with Crippen molar-refractivity contribution >= 4 is 17.4 Å². The first-order chi connectivity index (χ1) is 12.6. The summed E-state index contributed by atoms with van der Waals surface area (Å²) >= 11 is 0. The van der Waals surface area contributed by atoms with Gasteiger partial charge in [-0.05, 0) is 38.1 Å². The average Bonchev–Trinajstić information content (AvgIpc) is 3.01. The molecule has 128 valence electrons. The van der Waals surface area contributed by atoms with Crippen molar-refractivity contribution in [2.75, 3.05) is 5.32 Å². The molecule has 2 aromatic carbocycles. The second-order valence-electron chi connectivity index (χ2n) is 6.42. The quantitative estimate of drug-likeness (QED) is 0.578. The van der Waals surface area contributed by atoms with E-state index in [1.807, 2.05) is 91.2 Å². The standard InChI is InChI=1S/C22H19N3O/c1-15-6-10-17(11-7-15)20-21(25-14-4-3-5-19(25)23-20)24-22(26)18-12-8-16(2)9-13-18/h3-14H,1-2H3,(H,24,26). The van der Waals surface area contributed by atoms with Crippen molar-refractivity contribution in [3.05, 3.63) is 89.6 Å². The van der Waals surface area contributed by atoms with Crippen LogP contribution in [0.1, 0.15) is 21.5 Å². The molecule has 4 rings (SSSR count). The van der Waals surface area contributed by atoms with Gasteiger partial charge in [0.25, 0.3) is 5.91 Å². The SMILES string of the molecule is Cc1ccc(C(=O)Nc2c(-c3ccc(C)cc3)nc3ccccn23)cc1. The summed E-state index contributed by atoms with van der Waals surface area (Å²) in [6, 6.07) is 21.5. The van der Waals surface area contributed by atoms with Crippen molar-refractivity contribution in [3.8, 4) is 11.3 Å². The monoisotopic (exact) mass is 341 g/mol. The molecule has 0 saturated carbocycles. The summed E-state index contributed by atoms with van der Waals surface area (Å²) in [5.41, 5.74) is 5.45. The Morgan fingerprint density at radius 1 is 0.885 bits per heavy atom. The summed E-state index contributed by atoms with van der Waals surface area (Å²) in [6.07, 6.45) is 1.91. The summed E-state index contributed by atoms with van der Waals surface area (Å²) in [4.78, 5) is 17.5. The number of aryl methyl sites for hydroxylation is 2. The van der Waals surface area contributed by atoms with Crippen LogP contribution < -0.4 is 5.32 Å². The first-order valence-corrected chi connectivity index (χ1v) is 8.54. The molecule has 1 amide bonds. The number of benzene rings is 2. The Morgan fingerprint density at radius 3 is 2.23 bits per heavy atom. The highest BCUT2D eigenvalue weighted by molar-refractivity contribution is 6.05. The Balaban J connectivity index is 1.79. The molecule has 2 heterocycles. The molecule has 0 radical (unpaired) electrons. The molecule has 0 bridgehead atoms. The molecule has 26 heavy (non-hydrogen) atoms. The zero-order valence-corrected chi connectivity index (χ0v) is 14.7. The number of fused-ring (bicyclic) bond motifs is 1. The van der Waals surface area contributed by atoms with Crippen molar-refractivity contribution in [2.45, 2.75) is 13.8 Å². The number of amides is 1. The van der Waals surface area contributed by atoms with Gasteiger partial charge >= 0.3 is 0 Å². The number of rotatable bonds is 3.